The predicted octanol–water partition coefficient (Wildman–Crippen LogP) is 1.53. The third-order valence-corrected chi connectivity index (χ3v) is 2.13. The summed E-state index contributed by atoms with van der Waals surface area (Å²) in [6, 6.07) is 1.10. The molecule has 1 aromatic heterocycles. The minimum atomic E-state index is -4.70. The van der Waals surface area contributed by atoms with Crippen LogP contribution in [0, 0.1) is 0 Å². The van der Waals surface area contributed by atoms with Crippen molar-refractivity contribution in [1.29, 1.82) is 0 Å². The van der Waals surface area contributed by atoms with E-state index in [0.29, 0.717) is 0 Å². The molecule has 1 rings (SSSR count). The number of hydrogen-bond acceptors (Lipinski definition) is 4. The van der Waals surface area contributed by atoms with Gasteiger partial charge in [-0.3, -0.25) is 4.98 Å². The molecular weight excluding hydrogens is 209 g/mol. The second-order valence-corrected chi connectivity index (χ2v) is 4.31. The van der Waals surface area contributed by atoms with Crippen LogP contribution < -0.4 is 4.74 Å². The Hall–Kier alpha value is -1.17. The third-order valence-electron chi connectivity index (χ3n) is 1.34. The highest BCUT2D eigenvalue weighted by Crippen LogP contribution is 2.18. The maximum absolute atomic E-state index is 12.5. The van der Waals surface area contributed by atoms with E-state index in [1.165, 1.54) is 6.20 Å². The molecule has 1 heterocycles. The molecule has 78 valence electrons. The van der Waals surface area contributed by atoms with Gasteiger partial charge in [0, 0.05) is 12.3 Å². The molecule has 0 aliphatic carbocycles. The summed E-state index contributed by atoms with van der Waals surface area (Å²) in [7, 11) is -4.70. The molecule has 0 bridgehead atoms. The minimum Gasteiger partial charge on any atom is -0.489 e. The van der Waals surface area contributed by atoms with Gasteiger partial charge in [0.15, 0.2) is 0 Å². The van der Waals surface area contributed by atoms with Crippen LogP contribution in [0.1, 0.15) is 13.8 Å². The van der Waals surface area contributed by atoms with E-state index in [-0.39, 0.29) is 11.9 Å². The zero-order chi connectivity index (χ0) is 10.8. The first-order chi connectivity index (χ1) is 6.39. The molecule has 0 aliphatic heterocycles. The average Bonchev–Trinajstić information content (AvgIpc) is 2.01. The van der Waals surface area contributed by atoms with Crippen molar-refractivity contribution in [2.75, 3.05) is 0 Å². The van der Waals surface area contributed by atoms with Gasteiger partial charge in [-0.2, -0.15) is 8.42 Å². The lowest BCUT2D eigenvalue weighted by molar-refractivity contribution is 0.240. The fraction of sp³-hybridized carbons (Fsp3) is 0.375. The Balaban J connectivity index is 3.02. The number of ether oxygens (including phenoxy) is 1. The van der Waals surface area contributed by atoms with Gasteiger partial charge in [0.05, 0.1) is 12.3 Å². The zero-order valence-electron chi connectivity index (χ0n) is 7.77. The van der Waals surface area contributed by atoms with Crippen molar-refractivity contribution in [2.24, 2.45) is 0 Å². The number of hydrogen-bond donors (Lipinski definition) is 0. The Kier molecular flexibility index (Phi) is 3.05. The summed E-state index contributed by atoms with van der Waals surface area (Å²) in [5, 5.41) is 0. The number of pyridine rings is 1. The van der Waals surface area contributed by atoms with Crippen molar-refractivity contribution in [1.82, 2.24) is 4.98 Å². The summed E-state index contributed by atoms with van der Waals surface area (Å²) >= 11 is 0. The van der Waals surface area contributed by atoms with Gasteiger partial charge in [-0.1, -0.05) is 0 Å². The number of aromatic nitrogens is 1. The summed E-state index contributed by atoms with van der Waals surface area (Å²) < 4.78 is 38.7. The lowest BCUT2D eigenvalue weighted by atomic mass is 10.4. The standard InChI is InChI=1S/C8H10FNO3S/c1-6(2)13-7-3-8(5-10-4-7)14(9,11)12/h3-6H,1-2H3. The Morgan fingerprint density at radius 3 is 2.57 bits per heavy atom. The van der Waals surface area contributed by atoms with E-state index in [0.717, 1.165) is 12.3 Å². The number of halogens is 1. The first-order valence-corrected chi connectivity index (χ1v) is 5.34. The van der Waals surface area contributed by atoms with Crippen LogP contribution in [0.25, 0.3) is 0 Å². The maximum Gasteiger partial charge on any atom is 0.333 e. The van der Waals surface area contributed by atoms with Gasteiger partial charge in [-0.05, 0) is 13.8 Å². The summed E-state index contributed by atoms with van der Waals surface area (Å²) in [5.74, 6) is 0.235. The third kappa shape index (κ3) is 2.95. The van der Waals surface area contributed by atoms with Gasteiger partial charge in [-0.15, -0.1) is 3.89 Å². The van der Waals surface area contributed by atoms with Crippen LogP contribution in [-0.2, 0) is 10.2 Å². The van der Waals surface area contributed by atoms with Crippen LogP contribution in [0.3, 0.4) is 0 Å². The Bertz CT molecular complexity index is 416. The first-order valence-electron chi connectivity index (χ1n) is 3.96. The van der Waals surface area contributed by atoms with Crippen LogP contribution in [0.5, 0.6) is 5.75 Å². The monoisotopic (exact) mass is 219 g/mol. The molecule has 0 N–H and O–H groups in total. The maximum atomic E-state index is 12.5. The Labute approximate surface area is 81.9 Å². The summed E-state index contributed by atoms with van der Waals surface area (Å²) in [4.78, 5) is 3.07. The Morgan fingerprint density at radius 2 is 2.07 bits per heavy atom. The molecular formula is C8H10FNO3S. The molecule has 0 spiro atoms. The van der Waals surface area contributed by atoms with Crippen LogP contribution in [-0.4, -0.2) is 19.5 Å². The highest BCUT2D eigenvalue weighted by atomic mass is 32.3. The molecule has 0 aliphatic rings. The number of nitrogens with zero attached hydrogens (tertiary/aromatic N) is 1. The van der Waals surface area contributed by atoms with Crippen molar-refractivity contribution >= 4 is 10.2 Å². The lowest BCUT2D eigenvalue weighted by Gasteiger charge is -2.08. The minimum absolute atomic E-state index is 0.116. The quantitative estimate of drug-likeness (QED) is 0.723. The fourth-order valence-corrected chi connectivity index (χ4v) is 1.31. The molecule has 1 aromatic rings. The van der Waals surface area contributed by atoms with Crippen molar-refractivity contribution in [3.8, 4) is 5.75 Å². The summed E-state index contributed by atoms with van der Waals surface area (Å²) in [6.07, 6.45) is 2.14. The second kappa shape index (κ2) is 3.91. The van der Waals surface area contributed by atoms with Crippen LogP contribution in [0.15, 0.2) is 23.4 Å². The summed E-state index contributed by atoms with van der Waals surface area (Å²) in [5.41, 5.74) is 0. The van der Waals surface area contributed by atoms with Crippen LogP contribution in [0.2, 0.25) is 0 Å². The smallest absolute Gasteiger partial charge is 0.333 e. The summed E-state index contributed by atoms with van der Waals surface area (Å²) in [6.45, 7) is 3.55. The van der Waals surface area contributed by atoms with Crippen molar-refractivity contribution in [3.63, 3.8) is 0 Å². The van der Waals surface area contributed by atoms with E-state index in [2.05, 4.69) is 4.98 Å². The largest absolute Gasteiger partial charge is 0.489 e. The molecule has 4 nitrogen and oxygen atoms in total. The average molecular weight is 219 g/mol. The molecule has 0 amide bonds. The molecule has 0 saturated carbocycles. The van der Waals surface area contributed by atoms with Gasteiger partial charge >= 0.3 is 10.2 Å². The molecule has 0 unspecified atom stereocenters. The van der Waals surface area contributed by atoms with E-state index in [1.807, 2.05) is 0 Å². The van der Waals surface area contributed by atoms with Gasteiger partial charge in [0.25, 0.3) is 0 Å². The van der Waals surface area contributed by atoms with Gasteiger partial charge < -0.3 is 4.74 Å². The Morgan fingerprint density at radius 1 is 1.43 bits per heavy atom. The van der Waals surface area contributed by atoms with E-state index in [1.54, 1.807) is 13.8 Å². The van der Waals surface area contributed by atoms with E-state index >= 15 is 0 Å². The second-order valence-electron chi connectivity index (χ2n) is 2.96. The predicted molar refractivity (Wildman–Crippen MR) is 48.3 cm³/mol. The molecule has 0 aromatic carbocycles. The molecule has 14 heavy (non-hydrogen) atoms. The van der Waals surface area contributed by atoms with Gasteiger partial charge in [-0.25, -0.2) is 0 Å². The van der Waals surface area contributed by atoms with Crippen molar-refractivity contribution in [3.05, 3.63) is 18.5 Å². The van der Waals surface area contributed by atoms with Crippen molar-refractivity contribution < 1.29 is 17.0 Å². The highest BCUT2D eigenvalue weighted by molar-refractivity contribution is 7.86. The SMILES string of the molecule is CC(C)Oc1cncc(S(=O)(=O)F)c1. The molecule has 0 atom stereocenters. The topological polar surface area (TPSA) is 56.3 Å². The van der Waals surface area contributed by atoms with E-state index in [4.69, 9.17) is 4.74 Å². The normalized spacial score (nSPS) is 11.7. The lowest BCUT2D eigenvalue weighted by Crippen LogP contribution is -2.06. The van der Waals surface area contributed by atoms with Crippen LogP contribution in [0.4, 0.5) is 3.89 Å². The number of rotatable bonds is 3. The van der Waals surface area contributed by atoms with E-state index < -0.39 is 15.1 Å². The first kappa shape index (κ1) is 10.9. The molecule has 6 heteroatoms. The van der Waals surface area contributed by atoms with Gasteiger partial charge in [0.2, 0.25) is 0 Å². The molecule has 0 fully saturated rings. The zero-order valence-corrected chi connectivity index (χ0v) is 8.58. The van der Waals surface area contributed by atoms with Crippen molar-refractivity contribution in [2.45, 2.75) is 24.8 Å². The van der Waals surface area contributed by atoms with Crippen LogP contribution >= 0.6 is 0 Å². The molecule has 0 radical (unpaired) electrons. The van der Waals surface area contributed by atoms with Gasteiger partial charge in [0.1, 0.15) is 10.6 Å². The highest BCUT2D eigenvalue weighted by Gasteiger charge is 2.13. The van der Waals surface area contributed by atoms with E-state index in [9.17, 15) is 12.3 Å². The fourth-order valence-electron chi connectivity index (χ4n) is 0.869. The molecule has 0 saturated heterocycles.